The molecule has 1 heterocycles. The van der Waals surface area contributed by atoms with Crippen molar-refractivity contribution in [2.24, 2.45) is 5.41 Å². The zero-order valence-electron chi connectivity index (χ0n) is 12.4. The van der Waals surface area contributed by atoms with Crippen molar-refractivity contribution in [3.63, 3.8) is 0 Å². The smallest absolute Gasteiger partial charge is 0.324 e. The van der Waals surface area contributed by atoms with Gasteiger partial charge in [-0.3, -0.25) is 4.79 Å². The Morgan fingerprint density at radius 2 is 1.95 bits per heavy atom. The summed E-state index contributed by atoms with van der Waals surface area (Å²) in [7, 11) is -3.76. The van der Waals surface area contributed by atoms with Crippen LogP contribution >= 0.6 is 11.6 Å². The summed E-state index contributed by atoms with van der Waals surface area (Å²) in [6.07, 6.45) is 2.05. The molecule has 2 rings (SSSR count). The molecule has 1 N–H and O–H groups in total. The summed E-state index contributed by atoms with van der Waals surface area (Å²) in [5, 5.41) is 1.61. The second-order valence-corrected chi connectivity index (χ2v) is 7.89. The van der Waals surface area contributed by atoms with E-state index in [1.165, 1.54) is 6.08 Å². The molecule has 1 saturated heterocycles. The van der Waals surface area contributed by atoms with Gasteiger partial charge in [-0.25, -0.2) is 8.42 Å². The van der Waals surface area contributed by atoms with Crippen LogP contribution in [0.3, 0.4) is 0 Å². The van der Waals surface area contributed by atoms with Crippen molar-refractivity contribution >= 4 is 33.7 Å². The Bertz CT molecular complexity index is 680. The molecule has 7 heteroatoms. The molecule has 1 unspecified atom stereocenters. The summed E-state index contributed by atoms with van der Waals surface area (Å²) in [6, 6.07) is 5.85. The summed E-state index contributed by atoms with van der Waals surface area (Å²) in [6.45, 7) is 3.98. The minimum absolute atomic E-state index is 0.310. The lowest BCUT2D eigenvalue weighted by molar-refractivity contribution is -0.155. The number of esters is 1. The third-order valence-electron chi connectivity index (χ3n) is 3.60. The van der Waals surface area contributed by atoms with Gasteiger partial charge in [0.1, 0.15) is 6.04 Å². The lowest BCUT2D eigenvalue weighted by Gasteiger charge is -2.36. The third kappa shape index (κ3) is 4.32. The minimum atomic E-state index is -3.76. The molecule has 0 spiro atoms. The van der Waals surface area contributed by atoms with Crippen LogP contribution in [0.25, 0.3) is 6.08 Å². The van der Waals surface area contributed by atoms with Crippen molar-refractivity contribution in [2.75, 3.05) is 6.61 Å². The first-order chi connectivity index (χ1) is 10.2. The Morgan fingerprint density at radius 1 is 1.32 bits per heavy atom. The first kappa shape index (κ1) is 17.0. The van der Waals surface area contributed by atoms with E-state index in [2.05, 4.69) is 4.72 Å². The molecule has 1 aliphatic rings. The SMILES string of the molecule is CC1(C)CCOC(=O)C1NS(=O)(=O)/C=C/c1ccc(Cl)cc1. The van der Waals surface area contributed by atoms with E-state index in [-0.39, 0.29) is 0 Å². The van der Waals surface area contributed by atoms with Gasteiger partial charge in [-0.15, -0.1) is 0 Å². The normalized spacial score (nSPS) is 21.8. The number of hydrogen-bond donors (Lipinski definition) is 1. The topological polar surface area (TPSA) is 72.5 Å². The van der Waals surface area contributed by atoms with Crippen molar-refractivity contribution in [1.82, 2.24) is 4.72 Å². The zero-order chi connectivity index (χ0) is 16.4. The summed E-state index contributed by atoms with van der Waals surface area (Å²) >= 11 is 5.77. The maximum atomic E-state index is 12.1. The van der Waals surface area contributed by atoms with Gasteiger partial charge in [0.05, 0.1) is 6.61 Å². The Balaban J connectivity index is 2.13. The predicted octanol–water partition coefficient (Wildman–Crippen LogP) is 2.57. The quantitative estimate of drug-likeness (QED) is 0.853. The molecule has 120 valence electrons. The number of rotatable bonds is 4. The van der Waals surface area contributed by atoms with Crippen LogP contribution < -0.4 is 4.72 Å². The van der Waals surface area contributed by atoms with Gasteiger partial charge in [0, 0.05) is 10.4 Å². The number of nitrogens with one attached hydrogen (secondary N) is 1. The van der Waals surface area contributed by atoms with Gasteiger partial charge < -0.3 is 4.74 Å². The van der Waals surface area contributed by atoms with E-state index >= 15 is 0 Å². The molecule has 0 aromatic heterocycles. The van der Waals surface area contributed by atoms with E-state index in [1.807, 2.05) is 13.8 Å². The van der Waals surface area contributed by atoms with Gasteiger partial charge in [-0.05, 0) is 35.6 Å². The Hall–Kier alpha value is -1.37. The summed E-state index contributed by atoms with van der Waals surface area (Å²) < 4.78 is 31.6. The van der Waals surface area contributed by atoms with E-state index in [4.69, 9.17) is 16.3 Å². The molecule has 1 aromatic rings. The maximum absolute atomic E-state index is 12.1. The molecule has 1 aliphatic heterocycles. The van der Waals surface area contributed by atoms with Crippen LogP contribution in [0.1, 0.15) is 25.8 Å². The predicted molar refractivity (Wildman–Crippen MR) is 85.7 cm³/mol. The molecule has 5 nitrogen and oxygen atoms in total. The summed E-state index contributed by atoms with van der Waals surface area (Å²) in [5.41, 5.74) is 0.205. The average Bonchev–Trinajstić information content (AvgIpc) is 2.42. The molecule has 1 aromatic carbocycles. The van der Waals surface area contributed by atoms with Gasteiger partial charge in [-0.1, -0.05) is 37.6 Å². The van der Waals surface area contributed by atoms with Gasteiger partial charge in [-0.2, -0.15) is 4.72 Å². The zero-order valence-corrected chi connectivity index (χ0v) is 13.9. The molecule has 1 fully saturated rings. The standard InChI is InChI=1S/C15H18ClNO4S/c1-15(2)8-9-21-14(18)13(15)17-22(19,20)10-7-11-3-5-12(16)6-4-11/h3-7,10,13,17H,8-9H2,1-2H3/b10-7+. The van der Waals surface area contributed by atoms with Crippen molar-refractivity contribution < 1.29 is 17.9 Å². The van der Waals surface area contributed by atoms with E-state index in [0.29, 0.717) is 23.6 Å². The summed E-state index contributed by atoms with van der Waals surface area (Å²) in [5.74, 6) is -0.542. The van der Waals surface area contributed by atoms with Gasteiger partial charge in [0.15, 0.2) is 0 Å². The van der Waals surface area contributed by atoms with Crippen molar-refractivity contribution in [1.29, 1.82) is 0 Å². The molecular weight excluding hydrogens is 326 g/mol. The highest BCUT2D eigenvalue weighted by molar-refractivity contribution is 7.92. The number of carbonyl (C=O) groups is 1. The van der Waals surface area contributed by atoms with Crippen molar-refractivity contribution in [2.45, 2.75) is 26.3 Å². The van der Waals surface area contributed by atoms with E-state index in [0.717, 1.165) is 5.41 Å². The van der Waals surface area contributed by atoms with Crippen LogP contribution in [0.15, 0.2) is 29.7 Å². The minimum Gasteiger partial charge on any atom is -0.464 e. The average molecular weight is 344 g/mol. The molecule has 1 atom stereocenters. The van der Waals surface area contributed by atoms with Crippen LogP contribution in [0.5, 0.6) is 0 Å². The Labute approximate surface area is 135 Å². The van der Waals surface area contributed by atoms with Gasteiger partial charge in [0.2, 0.25) is 10.0 Å². The largest absolute Gasteiger partial charge is 0.464 e. The molecular formula is C15H18ClNO4S. The number of ether oxygens (including phenoxy) is 1. The van der Waals surface area contributed by atoms with Crippen molar-refractivity contribution in [3.05, 3.63) is 40.3 Å². The first-order valence-electron chi connectivity index (χ1n) is 6.82. The van der Waals surface area contributed by atoms with Crippen LogP contribution in [-0.4, -0.2) is 27.0 Å². The summed E-state index contributed by atoms with van der Waals surface area (Å²) in [4.78, 5) is 11.8. The van der Waals surface area contributed by atoms with Crippen LogP contribution in [0.2, 0.25) is 5.02 Å². The number of cyclic esters (lactones) is 1. The highest BCUT2D eigenvalue weighted by Gasteiger charge is 2.41. The maximum Gasteiger partial charge on any atom is 0.324 e. The number of halogens is 1. The van der Waals surface area contributed by atoms with E-state index in [1.54, 1.807) is 24.3 Å². The first-order valence-corrected chi connectivity index (χ1v) is 8.75. The fourth-order valence-corrected chi connectivity index (χ4v) is 3.40. The fourth-order valence-electron chi connectivity index (χ4n) is 2.11. The van der Waals surface area contributed by atoms with E-state index in [9.17, 15) is 13.2 Å². The van der Waals surface area contributed by atoms with E-state index < -0.39 is 27.4 Å². The second kappa shape index (κ2) is 6.40. The van der Waals surface area contributed by atoms with Crippen LogP contribution in [0.4, 0.5) is 0 Å². The monoisotopic (exact) mass is 343 g/mol. The molecule has 0 saturated carbocycles. The Morgan fingerprint density at radius 3 is 2.55 bits per heavy atom. The third-order valence-corrected chi connectivity index (χ3v) is 4.91. The molecule has 0 bridgehead atoms. The highest BCUT2D eigenvalue weighted by Crippen LogP contribution is 2.30. The van der Waals surface area contributed by atoms with Gasteiger partial charge >= 0.3 is 5.97 Å². The number of carbonyl (C=O) groups excluding carboxylic acids is 1. The molecule has 0 aliphatic carbocycles. The molecule has 22 heavy (non-hydrogen) atoms. The highest BCUT2D eigenvalue weighted by atomic mass is 35.5. The number of sulfonamides is 1. The molecule has 0 amide bonds. The fraction of sp³-hybridized carbons (Fsp3) is 0.400. The van der Waals surface area contributed by atoms with Gasteiger partial charge in [0.25, 0.3) is 0 Å². The van der Waals surface area contributed by atoms with Crippen LogP contribution in [-0.2, 0) is 19.6 Å². The number of hydrogen-bond acceptors (Lipinski definition) is 4. The Kier molecular flexibility index (Phi) is 4.94. The molecule has 0 radical (unpaired) electrons. The van der Waals surface area contributed by atoms with Crippen LogP contribution in [0, 0.1) is 5.41 Å². The lowest BCUT2D eigenvalue weighted by atomic mass is 9.80. The van der Waals surface area contributed by atoms with Crippen molar-refractivity contribution in [3.8, 4) is 0 Å². The second-order valence-electron chi connectivity index (χ2n) is 5.86. The lowest BCUT2D eigenvalue weighted by Crippen LogP contribution is -2.53. The number of benzene rings is 1.